The summed E-state index contributed by atoms with van der Waals surface area (Å²) in [7, 11) is 1.58. The quantitative estimate of drug-likeness (QED) is 0.582. The standard InChI is InChI=1S/C24H25N5O2/c1-5-14(6-2)16-10-17(16)24(30)29-21-9-15-8-20(28-23(25)19(15)12-26-21)18-11-27-22(31-4)7-13(18)3/h5-9,11-12,16-17H,1,10H2,2-4H3,(H2,25,28)(H,26,29,30)/b14-6+/t16-,17+/m0/s1. The molecule has 4 rings (SSSR count). The second-order valence-corrected chi connectivity index (χ2v) is 7.66. The third-order valence-corrected chi connectivity index (χ3v) is 5.69. The minimum absolute atomic E-state index is 0.0319. The summed E-state index contributed by atoms with van der Waals surface area (Å²) in [5, 5.41) is 4.51. The highest BCUT2D eigenvalue weighted by atomic mass is 16.5. The molecule has 1 saturated carbocycles. The van der Waals surface area contributed by atoms with Gasteiger partial charge in [0.05, 0.1) is 12.8 Å². The van der Waals surface area contributed by atoms with Crippen molar-refractivity contribution in [1.82, 2.24) is 15.0 Å². The SMILES string of the molecule is C=C/C(=C\C)[C@@H]1C[C@H]1C(=O)Nc1cc2cc(-c3cnc(OC)cc3C)nc(N)c2cn1. The molecule has 1 aliphatic carbocycles. The lowest BCUT2D eigenvalue weighted by Gasteiger charge is -2.11. The number of anilines is 2. The molecular weight excluding hydrogens is 390 g/mol. The topological polar surface area (TPSA) is 103 Å². The van der Waals surface area contributed by atoms with E-state index >= 15 is 0 Å². The van der Waals surface area contributed by atoms with Crippen LogP contribution in [0.5, 0.6) is 5.88 Å². The van der Waals surface area contributed by atoms with Crippen LogP contribution in [0.25, 0.3) is 22.0 Å². The van der Waals surface area contributed by atoms with Crippen molar-refractivity contribution in [3.63, 3.8) is 0 Å². The van der Waals surface area contributed by atoms with E-state index in [-0.39, 0.29) is 17.7 Å². The molecule has 7 heteroatoms. The number of rotatable bonds is 6. The number of carbonyl (C=O) groups is 1. The van der Waals surface area contributed by atoms with E-state index in [9.17, 15) is 4.79 Å². The Hall–Kier alpha value is -3.74. The molecule has 0 unspecified atom stereocenters. The van der Waals surface area contributed by atoms with Gasteiger partial charge in [-0.2, -0.15) is 0 Å². The van der Waals surface area contributed by atoms with E-state index in [1.165, 1.54) is 0 Å². The van der Waals surface area contributed by atoms with Crippen LogP contribution in [0.3, 0.4) is 0 Å². The maximum atomic E-state index is 12.6. The van der Waals surface area contributed by atoms with Crippen LogP contribution >= 0.6 is 0 Å². The summed E-state index contributed by atoms with van der Waals surface area (Å²) < 4.78 is 5.18. The number of hydrogen-bond donors (Lipinski definition) is 2. The first-order valence-corrected chi connectivity index (χ1v) is 10.1. The van der Waals surface area contributed by atoms with Crippen LogP contribution in [0.4, 0.5) is 11.6 Å². The molecule has 1 aliphatic rings. The van der Waals surface area contributed by atoms with Crippen molar-refractivity contribution in [2.75, 3.05) is 18.2 Å². The van der Waals surface area contributed by atoms with E-state index in [1.54, 1.807) is 19.5 Å². The molecular formula is C24H25N5O2. The van der Waals surface area contributed by atoms with Gasteiger partial charge in [0.25, 0.3) is 0 Å². The third kappa shape index (κ3) is 3.99. The van der Waals surface area contributed by atoms with Gasteiger partial charge in [-0.25, -0.2) is 15.0 Å². The van der Waals surface area contributed by atoms with Gasteiger partial charge in [0.15, 0.2) is 0 Å². The van der Waals surface area contributed by atoms with Crippen molar-refractivity contribution in [3.05, 3.63) is 60.5 Å². The van der Waals surface area contributed by atoms with Crippen LogP contribution in [-0.4, -0.2) is 28.0 Å². The molecule has 3 aromatic heterocycles. The molecule has 3 N–H and O–H groups in total. The number of nitrogens with two attached hydrogens (primary N) is 1. The number of methoxy groups -OCH3 is 1. The van der Waals surface area contributed by atoms with E-state index < -0.39 is 0 Å². The lowest BCUT2D eigenvalue weighted by atomic mass is 10.1. The van der Waals surface area contributed by atoms with Crippen molar-refractivity contribution < 1.29 is 9.53 Å². The van der Waals surface area contributed by atoms with Crippen LogP contribution in [0.1, 0.15) is 18.9 Å². The largest absolute Gasteiger partial charge is 0.481 e. The normalized spacial score (nSPS) is 18.0. The van der Waals surface area contributed by atoms with E-state index in [2.05, 4.69) is 26.8 Å². The zero-order chi connectivity index (χ0) is 22.1. The molecule has 3 heterocycles. The Morgan fingerprint density at radius 3 is 2.74 bits per heavy atom. The molecule has 0 aliphatic heterocycles. The van der Waals surface area contributed by atoms with Crippen LogP contribution in [0, 0.1) is 18.8 Å². The second kappa shape index (κ2) is 8.18. The number of allylic oxidation sites excluding steroid dienone is 3. The first-order valence-electron chi connectivity index (χ1n) is 10.1. The number of pyridine rings is 3. The summed E-state index contributed by atoms with van der Waals surface area (Å²) in [5.74, 6) is 1.56. The molecule has 2 atom stereocenters. The molecule has 0 saturated heterocycles. The number of nitrogens with one attached hydrogen (secondary N) is 1. The molecule has 158 valence electrons. The minimum atomic E-state index is -0.0483. The molecule has 0 bridgehead atoms. The molecule has 1 amide bonds. The van der Waals surface area contributed by atoms with Crippen LogP contribution < -0.4 is 15.8 Å². The molecule has 31 heavy (non-hydrogen) atoms. The number of hydrogen-bond acceptors (Lipinski definition) is 6. The fraction of sp³-hybridized carbons (Fsp3) is 0.250. The van der Waals surface area contributed by atoms with E-state index in [0.717, 1.165) is 33.9 Å². The van der Waals surface area contributed by atoms with Gasteiger partial charge < -0.3 is 15.8 Å². The number of aryl methyl sites for hydroxylation is 1. The van der Waals surface area contributed by atoms with Gasteiger partial charge >= 0.3 is 0 Å². The van der Waals surface area contributed by atoms with Crippen molar-refractivity contribution >= 4 is 28.3 Å². The van der Waals surface area contributed by atoms with Gasteiger partial charge in [0.2, 0.25) is 11.8 Å². The lowest BCUT2D eigenvalue weighted by Crippen LogP contribution is -2.16. The lowest BCUT2D eigenvalue weighted by molar-refractivity contribution is -0.117. The van der Waals surface area contributed by atoms with E-state index in [0.29, 0.717) is 23.2 Å². The highest BCUT2D eigenvalue weighted by molar-refractivity contribution is 5.98. The Morgan fingerprint density at radius 1 is 1.26 bits per heavy atom. The van der Waals surface area contributed by atoms with Crippen LogP contribution in [0.15, 0.2) is 54.9 Å². The third-order valence-electron chi connectivity index (χ3n) is 5.69. The summed E-state index contributed by atoms with van der Waals surface area (Å²) in [6.45, 7) is 7.75. The molecule has 7 nitrogen and oxygen atoms in total. The average Bonchev–Trinajstić information content (AvgIpc) is 3.55. The Labute approximate surface area is 181 Å². The smallest absolute Gasteiger partial charge is 0.229 e. The Kier molecular flexibility index (Phi) is 5.42. The molecule has 1 fully saturated rings. The Balaban J connectivity index is 1.62. The number of nitrogens with zero attached hydrogens (tertiary/aromatic N) is 3. The van der Waals surface area contributed by atoms with Crippen molar-refractivity contribution in [1.29, 1.82) is 0 Å². The van der Waals surface area contributed by atoms with Gasteiger partial charge in [0.1, 0.15) is 11.6 Å². The summed E-state index contributed by atoms with van der Waals surface area (Å²) in [6, 6.07) is 5.60. The van der Waals surface area contributed by atoms with E-state index in [1.807, 2.05) is 44.2 Å². The van der Waals surface area contributed by atoms with E-state index in [4.69, 9.17) is 10.5 Å². The fourth-order valence-electron chi connectivity index (χ4n) is 3.85. The van der Waals surface area contributed by atoms with Gasteiger partial charge in [0, 0.05) is 35.3 Å². The zero-order valence-electron chi connectivity index (χ0n) is 17.8. The molecule has 0 aromatic carbocycles. The van der Waals surface area contributed by atoms with Crippen LogP contribution in [-0.2, 0) is 4.79 Å². The van der Waals surface area contributed by atoms with Gasteiger partial charge in [-0.3, -0.25) is 4.79 Å². The maximum absolute atomic E-state index is 12.6. The summed E-state index contributed by atoms with van der Waals surface area (Å²) in [5.41, 5.74) is 9.84. The first-order chi connectivity index (χ1) is 14.9. The maximum Gasteiger partial charge on any atom is 0.229 e. The number of fused-ring (bicyclic) bond motifs is 1. The Morgan fingerprint density at radius 2 is 2.06 bits per heavy atom. The summed E-state index contributed by atoms with van der Waals surface area (Å²) in [4.78, 5) is 25.8. The number of ether oxygens (including phenoxy) is 1. The van der Waals surface area contributed by atoms with Crippen molar-refractivity contribution in [3.8, 4) is 17.1 Å². The number of nitrogen functional groups attached to an aromatic ring is 1. The summed E-state index contributed by atoms with van der Waals surface area (Å²) in [6.07, 6.45) is 8.01. The minimum Gasteiger partial charge on any atom is -0.481 e. The fourth-order valence-corrected chi connectivity index (χ4v) is 3.85. The van der Waals surface area contributed by atoms with Crippen molar-refractivity contribution in [2.45, 2.75) is 20.3 Å². The highest BCUT2D eigenvalue weighted by Crippen LogP contribution is 2.45. The number of aromatic nitrogens is 3. The first kappa shape index (κ1) is 20.5. The number of carbonyl (C=O) groups excluding carboxylic acids is 1. The summed E-state index contributed by atoms with van der Waals surface area (Å²) >= 11 is 0. The zero-order valence-corrected chi connectivity index (χ0v) is 17.8. The van der Waals surface area contributed by atoms with Gasteiger partial charge in [-0.05, 0) is 54.8 Å². The second-order valence-electron chi connectivity index (χ2n) is 7.66. The van der Waals surface area contributed by atoms with Crippen molar-refractivity contribution in [2.24, 2.45) is 11.8 Å². The Bertz CT molecular complexity index is 1220. The molecule has 0 spiro atoms. The number of amides is 1. The van der Waals surface area contributed by atoms with Gasteiger partial charge in [-0.1, -0.05) is 18.7 Å². The predicted octanol–water partition coefficient (Wildman–Crippen LogP) is 4.30. The highest BCUT2D eigenvalue weighted by Gasteiger charge is 2.44. The average molecular weight is 415 g/mol. The van der Waals surface area contributed by atoms with Crippen LogP contribution in [0.2, 0.25) is 0 Å². The van der Waals surface area contributed by atoms with Gasteiger partial charge in [-0.15, -0.1) is 0 Å². The monoisotopic (exact) mass is 415 g/mol. The molecule has 3 aromatic rings. The molecule has 0 radical (unpaired) electrons. The predicted molar refractivity (Wildman–Crippen MR) is 123 cm³/mol.